The second kappa shape index (κ2) is 10.7. The standard InChI is InChI=1S/C21H15ClN4O7/c22-15-4-7-17(8-5-15)32-13-21(27)24-23-12-14-2-1-3-18(10-14)33-20-9-6-16(25(28)29)11-19(20)26(30)31/h1-12H,13H2,(H,24,27)/b23-12+. The highest BCUT2D eigenvalue weighted by Crippen LogP contribution is 2.34. The Bertz CT molecular complexity index is 1220. The maximum Gasteiger partial charge on any atom is 0.318 e. The summed E-state index contributed by atoms with van der Waals surface area (Å²) in [6.45, 7) is -0.258. The predicted molar refractivity (Wildman–Crippen MR) is 119 cm³/mol. The topological polar surface area (TPSA) is 146 Å². The van der Waals surface area contributed by atoms with Crippen LogP contribution < -0.4 is 14.9 Å². The number of carbonyl (C=O) groups excluding carboxylic acids is 1. The third-order valence-corrected chi connectivity index (χ3v) is 4.27. The van der Waals surface area contributed by atoms with Gasteiger partial charge < -0.3 is 9.47 Å². The molecule has 0 fully saturated rings. The van der Waals surface area contributed by atoms with Crippen molar-refractivity contribution in [1.82, 2.24) is 5.43 Å². The van der Waals surface area contributed by atoms with Gasteiger partial charge in [-0.25, -0.2) is 5.43 Å². The monoisotopic (exact) mass is 470 g/mol. The average Bonchev–Trinajstić information content (AvgIpc) is 2.79. The number of amides is 1. The number of nitrogens with one attached hydrogen (secondary N) is 1. The van der Waals surface area contributed by atoms with Crippen molar-refractivity contribution < 1.29 is 24.1 Å². The molecule has 0 aliphatic carbocycles. The molecule has 0 saturated carbocycles. The van der Waals surface area contributed by atoms with Crippen LogP contribution in [0.25, 0.3) is 0 Å². The number of nitro benzene ring substituents is 2. The Morgan fingerprint density at radius 3 is 2.45 bits per heavy atom. The summed E-state index contributed by atoms with van der Waals surface area (Å²) in [5.41, 5.74) is 1.86. The van der Waals surface area contributed by atoms with Crippen LogP contribution >= 0.6 is 11.6 Å². The summed E-state index contributed by atoms with van der Waals surface area (Å²) in [5, 5.41) is 26.5. The van der Waals surface area contributed by atoms with Crippen LogP contribution in [0.2, 0.25) is 5.02 Å². The van der Waals surface area contributed by atoms with Crippen molar-refractivity contribution in [2.24, 2.45) is 5.10 Å². The minimum atomic E-state index is -0.769. The highest BCUT2D eigenvalue weighted by Gasteiger charge is 2.21. The molecule has 0 spiro atoms. The second-order valence-electron chi connectivity index (χ2n) is 6.38. The number of hydrazone groups is 1. The number of hydrogen-bond acceptors (Lipinski definition) is 8. The molecule has 12 heteroatoms. The quantitative estimate of drug-likeness (QED) is 0.275. The van der Waals surface area contributed by atoms with E-state index in [-0.39, 0.29) is 18.1 Å². The molecule has 3 aromatic carbocycles. The minimum absolute atomic E-state index is 0.160. The van der Waals surface area contributed by atoms with Crippen LogP contribution in [0.15, 0.2) is 71.8 Å². The fourth-order valence-electron chi connectivity index (χ4n) is 2.52. The zero-order valence-electron chi connectivity index (χ0n) is 16.7. The number of nitro groups is 2. The summed E-state index contributed by atoms with van der Waals surface area (Å²) in [4.78, 5) is 32.4. The molecule has 0 bridgehead atoms. The zero-order chi connectivity index (χ0) is 23.8. The summed E-state index contributed by atoms with van der Waals surface area (Å²) in [5.74, 6) is 0.0551. The Morgan fingerprint density at radius 2 is 1.76 bits per heavy atom. The van der Waals surface area contributed by atoms with E-state index in [1.807, 2.05) is 0 Å². The third kappa shape index (κ3) is 6.74. The number of hydrogen-bond donors (Lipinski definition) is 1. The van der Waals surface area contributed by atoms with Crippen LogP contribution in [-0.2, 0) is 4.79 Å². The van der Waals surface area contributed by atoms with E-state index in [1.54, 1.807) is 42.5 Å². The van der Waals surface area contributed by atoms with Gasteiger partial charge in [-0.05, 0) is 48.0 Å². The first-order valence-corrected chi connectivity index (χ1v) is 9.60. The van der Waals surface area contributed by atoms with Crippen molar-refractivity contribution >= 4 is 35.1 Å². The van der Waals surface area contributed by atoms with Crippen LogP contribution in [0.1, 0.15) is 5.56 Å². The van der Waals surface area contributed by atoms with E-state index in [0.717, 1.165) is 18.2 Å². The van der Waals surface area contributed by atoms with E-state index in [1.165, 1.54) is 12.3 Å². The lowest BCUT2D eigenvalue weighted by Gasteiger charge is -2.07. The van der Waals surface area contributed by atoms with Crippen LogP contribution in [0, 0.1) is 20.2 Å². The summed E-state index contributed by atoms with van der Waals surface area (Å²) < 4.78 is 10.8. The molecule has 1 amide bonds. The van der Waals surface area contributed by atoms with Gasteiger partial charge in [0.05, 0.1) is 22.1 Å². The molecule has 0 radical (unpaired) electrons. The highest BCUT2D eigenvalue weighted by molar-refractivity contribution is 6.30. The third-order valence-electron chi connectivity index (χ3n) is 4.02. The molecule has 3 aromatic rings. The fraction of sp³-hybridized carbons (Fsp3) is 0.0476. The number of non-ortho nitro benzene ring substituents is 1. The molecule has 11 nitrogen and oxygen atoms in total. The van der Waals surface area contributed by atoms with Crippen molar-refractivity contribution in [3.05, 3.63) is 97.5 Å². The van der Waals surface area contributed by atoms with E-state index < -0.39 is 27.1 Å². The zero-order valence-corrected chi connectivity index (χ0v) is 17.5. The number of nitrogens with zero attached hydrogens (tertiary/aromatic N) is 3. The molecule has 0 aliphatic heterocycles. The molecule has 0 saturated heterocycles. The average molecular weight is 471 g/mol. The summed E-state index contributed by atoms with van der Waals surface area (Å²) in [6.07, 6.45) is 1.34. The van der Waals surface area contributed by atoms with Gasteiger partial charge in [0, 0.05) is 11.1 Å². The molecule has 1 N–H and O–H groups in total. The van der Waals surface area contributed by atoms with Gasteiger partial charge in [0.25, 0.3) is 11.6 Å². The van der Waals surface area contributed by atoms with Crippen LogP contribution in [0.5, 0.6) is 17.2 Å². The van der Waals surface area contributed by atoms with E-state index in [2.05, 4.69) is 10.5 Å². The Hall–Kier alpha value is -4.51. The molecule has 0 unspecified atom stereocenters. The molecular formula is C21H15ClN4O7. The lowest BCUT2D eigenvalue weighted by molar-refractivity contribution is -0.394. The number of ether oxygens (including phenoxy) is 2. The van der Waals surface area contributed by atoms with E-state index in [0.29, 0.717) is 16.3 Å². The van der Waals surface area contributed by atoms with Crippen LogP contribution in [0.3, 0.4) is 0 Å². The van der Waals surface area contributed by atoms with E-state index >= 15 is 0 Å². The number of benzene rings is 3. The Kier molecular flexibility index (Phi) is 7.50. The molecule has 0 aromatic heterocycles. The van der Waals surface area contributed by atoms with Crippen LogP contribution in [0.4, 0.5) is 11.4 Å². The van der Waals surface area contributed by atoms with Crippen LogP contribution in [-0.4, -0.2) is 28.6 Å². The first kappa shape index (κ1) is 23.2. The van der Waals surface area contributed by atoms with Crippen molar-refractivity contribution in [3.63, 3.8) is 0 Å². The van der Waals surface area contributed by atoms with Crippen molar-refractivity contribution in [1.29, 1.82) is 0 Å². The smallest absolute Gasteiger partial charge is 0.318 e. The maximum absolute atomic E-state index is 11.8. The molecule has 3 rings (SSSR count). The SMILES string of the molecule is O=C(COc1ccc(Cl)cc1)N/N=C/c1cccc(Oc2ccc([N+](=O)[O-])cc2[N+](=O)[O-])c1. The predicted octanol–water partition coefficient (Wildman–Crippen LogP) is 4.48. The van der Waals surface area contributed by atoms with Crippen molar-refractivity contribution in [2.75, 3.05) is 6.61 Å². The summed E-state index contributed by atoms with van der Waals surface area (Å²) >= 11 is 5.78. The minimum Gasteiger partial charge on any atom is -0.484 e. The summed E-state index contributed by atoms with van der Waals surface area (Å²) in [7, 11) is 0. The largest absolute Gasteiger partial charge is 0.484 e. The van der Waals surface area contributed by atoms with Crippen molar-refractivity contribution in [2.45, 2.75) is 0 Å². The van der Waals surface area contributed by atoms with Gasteiger partial charge in [-0.3, -0.25) is 25.0 Å². The van der Waals surface area contributed by atoms with Crippen molar-refractivity contribution in [3.8, 4) is 17.2 Å². The fourth-order valence-corrected chi connectivity index (χ4v) is 2.65. The van der Waals surface area contributed by atoms with Gasteiger partial charge >= 0.3 is 5.69 Å². The maximum atomic E-state index is 11.8. The first-order valence-electron chi connectivity index (χ1n) is 9.23. The van der Waals surface area contributed by atoms with Gasteiger partial charge in [-0.2, -0.15) is 5.10 Å². The summed E-state index contributed by atoms with van der Waals surface area (Å²) in [6, 6.07) is 15.9. The van der Waals surface area contributed by atoms with Gasteiger partial charge in [-0.15, -0.1) is 0 Å². The number of carbonyl (C=O) groups is 1. The van der Waals surface area contributed by atoms with E-state index in [4.69, 9.17) is 21.1 Å². The lowest BCUT2D eigenvalue weighted by Crippen LogP contribution is -2.24. The Balaban J connectivity index is 1.61. The molecule has 0 atom stereocenters. The molecule has 168 valence electrons. The first-order chi connectivity index (χ1) is 15.8. The Labute approximate surface area is 191 Å². The van der Waals surface area contributed by atoms with Gasteiger partial charge in [-0.1, -0.05) is 23.7 Å². The lowest BCUT2D eigenvalue weighted by atomic mass is 10.2. The Morgan fingerprint density at radius 1 is 1.00 bits per heavy atom. The normalized spacial score (nSPS) is 10.6. The number of halogens is 1. The van der Waals surface area contributed by atoms with Gasteiger partial charge in [0.1, 0.15) is 11.5 Å². The molecule has 33 heavy (non-hydrogen) atoms. The number of rotatable bonds is 9. The van der Waals surface area contributed by atoms with Gasteiger partial charge in [0.15, 0.2) is 6.61 Å². The molecule has 0 heterocycles. The second-order valence-corrected chi connectivity index (χ2v) is 6.81. The highest BCUT2D eigenvalue weighted by atomic mass is 35.5. The molecule has 0 aliphatic rings. The molecular weight excluding hydrogens is 456 g/mol. The van der Waals surface area contributed by atoms with Gasteiger partial charge in [0.2, 0.25) is 5.75 Å². The van der Waals surface area contributed by atoms with E-state index in [9.17, 15) is 25.0 Å².